The Kier molecular flexibility index (Phi) is 3.24. The van der Waals surface area contributed by atoms with Gasteiger partial charge in [0.1, 0.15) is 12.1 Å². The predicted molar refractivity (Wildman–Crippen MR) is 55.6 cm³/mol. The van der Waals surface area contributed by atoms with Crippen molar-refractivity contribution in [1.29, 1.82) is 10.5 Å². The van der Waals surface area contributed by atoms with Crippen LogP contribution < -0.4 is 0 Å². The summed E-state index contributed by atoms with van der Waals surface area (Å²) < 4.78 is 0. The molecule has 0 saturated heterocycles. The highest BCUT2D eigenvalue weighted by atomic mass is 35.5. The van der Waals surface area contributed by atoms with Crippen LogP contribution in [0.3, 0.4) is 0 Å². The molecule has 0 fully saturated rings. The number of benzene rings is 1. The first-order valence-electron chi connectivity index (χ1n) is 3.51. The van der Waals surface area contributed by atoms with Crippen molar-refractivity contribution in [3.05, 3.63) is 31.8 Å². The summed E-state index contributed by atoms with van der Waals surface area (Å²) in [5.41, 5.74) is 0.788. The van der Waals surface area contributed by atoms with Gasteiger partial charge in [0.2, 0.25) is 0 Å². The van der Waals surface area contributed by atoms with Gasteiger partial charge in [0.25, 0.3) is 0 Å². The van der Waals surface area contributed by atoms with Crippen LogP contribution >= 0.6 is 34.8 Å². The molecule has 0 atom stereocenters. The van der Waals surface area contributed by atoms with E-state index in [9.17, 15) is 0 Å². The van der Waals surface area contributed by atoms with Crippen molar-refractivity contribution in [3.8, 4) is 12.1 Å². The fraction of sp³-hybridized carbons (Fsp3) is 0.111. The third-order valence-corrected chi connectivity index (χ3v) is 3.10. The van der Waals surface area contributed by atoms with Crippen LogP contribution in [0.15, 0.2) is 0 Å². The Balaban J connectivity index is 3.77. The standard InChI is InChI=1S/C9H3Cl3N2/c1-4-5(2-13)8(11)9(12)6(3-14)7(4)10/h1H3. The van der Waals surface area contributed by atoms with E-state index in [-0.39, 0.29) is 26.2 Å². The molecule has 0 unspecified atom stereocenters. The Bertz CT molecular complexity index is 406. The van der Waals surface area contributed by atoms with Crippen LogP contribution in [-0.2, 0) is 0 Å². The first kappa shape index (κ1) is 11.1. The molecule has 0 aromatic heterocycles. The van der Waals surface area contributed by atoms with Gasteiger partial charge in [0, 0.05) is 0 Å². The maximum absolute atomic E-state index is 8.78. The minimum absolute atomic E-state index is 0.0290. The molecule has 0 aliphatic heterocycles. The van der Waals surface area contributed by atoms with Gasteiger partial charge in [0.05, 0.1) is 26.2 Å². The first-order chi connectivity index (χ1) is 6.54. The maximum atomic E-state index is 8.78. The first-order valence-corrected chi connectivity index (χ1v) is 4.65. The molecule has 14 heavy (non-hydrogen) atoms. The molecule has 0 radical (unpaired) electrons. The van der Waals surface area contributed by atoms with E-state index in [4.69, 9.17) is 45.3 Å². The summed E-state index contributed by atoms with van der Waals surface area (Å²) in [7, 11) is 0. The van der Waals surface area contributed by atoms with Gasteiger partial charge in [-0.3, -0.25) is 0 Å². The molecular weight excluding hydrogens is 242 g/mol. The average Bonchev–Trinajstić information content (AvgIpc) is 2.17. The molecule has 0 saturated carbocycles. The van der Waals surface area contributed by atoms with Crippen molar-refractivity contribution in [1.82, 2.24) is 0 Å². The molecule has 70 valence electrons. The number of nitrogens with zero attached hydrogens (tertiary/aromatic N) is 2. The lowest BCUT2D eigenvalue weighted by molar-refractivity contribution is 1.37. The summed E-state index contributed by atoms with van der Waals surface area (Å²) >= 11 is 17.4. The Morgan fingerprint density at radius 3 is 1.71 bits per heavy atom. The second-order valence-corrected chi connectivity index (χ2v) is 3.67. The van der Waals surface area contributed by atoms with Crippen LogP contribution in [-0.4, -0.2) is 0 Å². The van der Waals surface area contributed by atoms with Gasteiger partial charge >= 0.3 is 0 Å². The van der Waals surface area contributed by atoms with Crippen LogP contribution in [0.2, 0.25) is 15.1 Å². The Morgan fingerprint density at radius 2 is 1.29 bits per heavy atom. The fourth-order valence-electron chi connectivity index (χ4n) is 1.01. The largest absolute Gasteiger partial charge is 0.192 e. The third kappa shape index (κ3) is 1.53. The van der Waals surface area contributed by atoms with Crippen molar-refractivity contribution in [2.24, 2.45) is 0 Å². The van der Waals surface area contributed by atoms with E-state index in [2.05, 4.69) is 0 Å². The molecule has 0 bridgehead atoms. The van der Waals surface area contributed by atoms with Crippen molar-refractivity contribution in [3.63, 3.8) is 0 Å². The van der Waals surface area contributed by atoms with E-state index in [1.807, 2.05) is 12.1 Å². The van der Waals surface area contributed by atoms with Gasteiger partial charge in [-0.1, -0.05) is 34.8 Å². The molecule has 0 aliphatic rings. The van der Waals surface area contributed by atoms with Crippen molar-refractivity contribution in [2.75, 3.05) is 0 Å². The minimum Gasteiger partial charge on any atom is -0.192 e. The molecular formula is C9H3Cl3N2. The summed E-state index contributed by atoms with van der Waals surface area (Å²) in [6.07, 6.45) is 0. The van der Waals surface area contributed by atoms with E-state index in [0.29, 0.717) is 5.56 Å². The molecule has 1 rings (SSSR count). The van der Waals surface area contributed by atoms with Crippen LogP contribution in [0.4, 0.5) is 0 Å². The predicted octanol–water partition coefficient (Wildman–Crippen LogP) is 3.70. The highest BCUT2D eigenvalue weighted by molar-refractivity contribution is 6.45. The van der Waals surface area contributed by atoms with Crippen molar-refractivity contribution >= 4 is 34.8 Å². The quantitative estimate of drug-likeness (QED) is 0.654. The van der Waals surface area contributed by atoms with Crippen LogP contribution in [0.1, 0.15) is 16.7 Å². The average molecular weight is 245 g/mol. The molecule has 1 aromatic carbocycles. The number of halogens is 3. The number of hydrogen-bond donors (Lipinski definition) is 0. The molecule has 0 N–H and O–H groups in total. The molecule has 2 nitrogen and oxygen atoms in total. The van der Waals surface area contributed by atoms with Gasteiger partial charge in [-0.05, 0) is 12.5 Å². The highest BCUT2D eigenvalue weighted by Crippen LogP contribution is 2.37. The van der Waals surface area contributed by atoms with Gasteiger partial charge in [0.15, 0.2) is 0 Å². The summed E-state index contributed by atoms with van der Waals surface area (Å²) in [5, 5.41) is 17.8. The molecule has 0 aliphatic carbocycles. The highest BCUT2D eigenvalue weighted by Gasteiger charge is 2.18. The zero-order valence-electron chi connectivity index (χ0n) is 7.03. The summed E-state index contributed by atoms with van der Waals surface area (Å²) in [4.78, 5) is 0. The fourth-order valence-corrected chi connectivity index (χ4v) is 1.80. The lowest BCUT2D eigenvalue weighted by Gasteiger charge is -2.07. The second kappa shape index (κ2) is 4.07. The molecule has 5 heteroatoms. The number of hydrogen-bond acceptors (Lipinski definition) is 2. The van der Waals surface area contributed by atoms with Crippen molar-refractivity contribution in [2.45, 2.75) is 6.92 Å². The van der Waals surface area contributed by atoms with E-state index in [0.717, 1.165) is 0 Å². The Hall–Kier alpha value is -0.930. The topological polar surface area (TPSA) is 47.6 Å². The van der Waals surface area contributed by atoms with Crippen molar-refractivity contribution < 1.29 is 0 Å². The normalized spacial score (nSPS) is 9.29. The zero-order chi connectivity index (χ0) is 10.9. The monoisotopic (exact) mass is 244 g/mol. The van der Waals surface area contributed by atoms with E-state index >= 15 is 0 Å². The zero-order valence-corrected chi connectivity index (χ0v) is 9.30. The maximum Gasteiger partial charge on any atom is 0.102 e. The van der Waals surface area contributed by atoms with Gasteiger partial charge in [-0.2, -0.15) is 10.5 Å². The number of rotatable bonds is 0. The van der Waals surface area contributed by atoms with Gasteiger partial charge in [-0.25, -0.2) is 0 Å². The van der Waals surface area contributed by atoms with Crippen LogP contribution in [0.5, 0.6) is 0 Å². The van der Waals surface area contributed by atoms with E-state index < -0.39 is 0 Å². The van der Waals surface area contributed by atoms with Crippen LogP contribution in [0, 0.1) is 29.6 Å². The Labute approximate surface area is 96.2 Å². The molecule has 1 aromatic rings. The van der Waals surface area contributed by atoms with E-state index in [1.54, 1.807) is 6.92 Å². The SMILES string of the molecule is Cc1c(Cl)c(C#N)c(Cl)c(Cl)c1C#N. The Morgan fingerprint density at radius 1 is 0.857 bits per heavy atom. The second-order valence-electron chi connectivity index (χ2n) is 2.54. The van der Waals surface area contributed by atoms with Gasteiger partial charge < -0.3 is 0 Å². The summed E-state index contributed by atoms with van der Waals surface area (Å²) in [5.74, 6) is 0. The summed E-state index contributed by atoms with van der Waals surface area (Å²) in [6.45, 7) is 1.62. The van der Waals surface area contributed by atoms with Crippen LogP contribution in [0.25, 0.3) is 0 Å². The summed E-state index contributed by atoms with van der Waals surface area (Å²) in [6, 6.07) is 3.73. The smallest absolute Gasteiger partial charge is 0.102 e. The molecule has 0 heterocycles. The minimum atomic E-state index is 0.0290. The molecule has 0 amide bonds. The lowest BCUT2D eigenvalue weighted by Crippen LogP contribution is -1.92. The third-order valence-electron chi connectivity index (χ3n) is 1.78. The van der Waals surface area contributed by atoms with Gasteiger partial charge in [-0.15, -0.1) is 0 Å². The molecule has 0 spiro atoms. The lowest BCUT2D eigenvalue weighted by atomic mass is 10.1. The number of nitriles is 2. The van der Waals surface area contributed by atoms with E-state index in [1.165, 1.54) is 0 Å².